The van der Waals surface area contributed by atoms with Crippen molar-refractivity contribution in [2.24, 2.45) is 5.92 Å². The van der Waals surface area contributed by atoms with Crippen molar-refractivity contribution in [3.05, 3.63) is 113 Å². The molecule has 0 saturated carbocycles. The number of hydrogen-bond donors (Lipinski definition) is 1. The Labute approximate surface area is 223 Å². The van der Waals surface area contributed by atoms with Gasteiger partial charge in [-0.05, 0) is 54.7 Å². The number of nitrogens with one attached hydrogen (secondary N) is 1. The van der Waals surface area contributed by atoms with Gasteiger partial charge in [0.25, 0.3) is 0 Å². The molecule has 2 heterocycles. The maximum atomic E-state index is 13.0. The van der Waals surface area contributed by atoms with Crippen molar-refractivity contribution >= 4 is 23.3 Å². The normalized spacial score (nSPS) is 14.1. The minimum Gasteiger partial charge on any atom is -0.356 e. The molecule has 5 rings (SSSR count). The summed E-state index contributed by atoms with van der Waals surface area (Å²) < 4.78 is 0. The summed E-state index contributed by atoms with van der Waals surface area (Å²) in [7, 11) is 0. The van der Waals surface area contributed by atoms with Gasteiger partial charge >= 0.3 is 0 Å². The van der Waals surface area contributed by atoms with E-state index in [1.54, 1.807) is 0 Å². The van der Waals surface area contributed by atoms with Crippen LogP contribution in [0.1, 0.15) is 36.3 Å². The largest absolute Gasteiger partial charge is 0.356 e. The summed E-state index contributed by atoms with van der Waals surface area (Å²) >= 11 is 5.98. The highest BCUT2D eigenvalue weighted by molar-refractivity contribution is 6.30. The number of amides is 1. The van der Waals surface area contributed by atoms with Gasteiger partial charge in [0.15, 0.2) is 5.82 Å². The van der Waals surface area contributed by atoms with E-state index in [1.807, 2.05) is 48.5 Å². The molecule has 5 nitrogen and oxygen atoms in total. The number of carbonyl (C=O) groups excluding carboxylic acids is 1. The van der Waals surface area contributed by atoms with Crippen LogP contribution < -0.4 is 10.2 Å². The zero-order valence-electron chi connectivity index (χ0n) is 20.8. The van der Waals surface area contributed by atoms with Gasteiger partial charge in [0.1, 0.15) is 0 Å². The number of rotatable bonds is 8. The molecule has 0 atom stereocenters. The molecular weight excluding hydrogens is 480 g/mol. The molecule has 188 valence electrons. The molecule has 4 aromatic rings. The predicted octanol–water partition coefficient (Wildman–Crippen LogP) is 6.35. The third-order valence-electron chi connectivity index (χ3n) is 7.12. The van der Waals surface area contributed by atoms with E-state index in [-0.39, 0.29) is 17.7 Å². The summed E-state index contributed by atoms with van der Waals surface area (Å²) in [6.07, 6.45) is 2.49. The van der Waals surface area contributed by atoms with Crippen LogP contribution in [0.5, 0.6) is 0 Å². The summed E-state index contributed by atoms with van der Waals surface area (Å²) in [4.78, 5) is 15.2. The Morgan fingerprint density at radius 2 is 1.46 bits per heavy atom. The summed E-state index contributed by atoms with van der Waals surface area (Å²) in [6, 6.07) is 32.6. The number of hydrogen-bond acceptors (Lipinski definition) is 4. The van der Waals surface area contributed by atoms with Gasteiger partial charge in [-0.25, -0.2) is 0 Å². The number of benzene rings is 3. The number of anilines is 1. The van der Waals surface area contributed by atoms with Crippen molar-refractivity contribution < 1.29 is 4.79 Å². The maximum absolute atomic E-state index is 13.0. The molecule has 37 heavy (non-hydrogen) atoms. The van der Waals surface area contributed by atoms with Crippen LogP contribution in [0.2, 0.25) is 5.02 Å². The zero-order valence-corrected chi connectivity index (χ0v) is 21.5. The maximum Gasteiger partial charge on any atom is 0.223 e. The van der Waals surface area contributed by atoms with Crippen molar-refractivity contribution in [2.45, 2.75) is 25.2 Å². The van der Waals surface area contributed by atoms with Gasteiger partial charge < -0.3 is 10.2 Å². The van der Waals surface area contributed by atoms with E-state index in [9.17, 15) is 4.79 Å². The van der Waals surface area contributed by atoms with Gasteiger partial charge in [0, 0.05) is 42.1 Å². The Balaban J connectivity index is 1.12. The van der Waals surface area contributed by atoms with Crippen molar-refractivity contribution in [1.29, 1.82) is 0 Å². The summed E-state index contributed by atoms with van der Waals surface area (Å²) in [5, 5.41) is 12.8. The highest BCUT2D eigenvalue weighted by Crippen LogP contribution is 2.28. The van der Waals surface area contributed by atoms with Gasteiger partial charge in [-0.3, -0.25) is 4.79 Å². The molecule has 0 aliphatic carbocycles. The molecule has 1 aromatic heterocycles. The molecule has 0 spiro atoms. The van der Waals surface area contributed by atoms with E-state index < -0.39 is 0 Å². The minimum absolute atomic E-state index is 0.0319. The Bertz CT molecular complexity index is 1230. The Morgan fingerprint density at radius 3 is 2.03 bits per heavy atom. The average molecular weight is 511 g/mol. The Hall–Kier alpha value is -3.70. The number of halogens is 1. The first kappa shape index (κ1) is 25.0. The molecule has 1 aliphatic rings. The lowest BCUT2D eigenvalue weighted by Crippen LogP contribution is -2.41. The standard InChI is InChI=1S/C31H31ClN4O/c32-27-13-11-25(12-14-27)29-15-16-30(35-34-29)36-21-18-26(19-22-36)31(37)33-20-17-28(23-7-3-1-4-8-23)24-9-5-2-6-10-24/h1-16,26,28H,17-22H2,(H,33,37). The second-order valence-corrected chi connectivity index (χ2v) is 9.94. The fraction of sp³-hybridized carbons (Fsp3) is 0.258. The van der Waals surface area contributed by atoms with E-state index in [4.69, 9.17) is 11.6 Å². The van der Waals surface area contributed by atoms with Crippen LogP contribution in [0.3, 0.4) is 0 Å². The second-order valence-electron chi connectivity index (χ2n) is 9.50. The van der Waals surface area contributed by atoms with E-state index in [0.29, 0.717) is 11.6 Å². The third-order valence-corrected chi connectivity index (χ3v) is 7.37. The topological polar surface area (TPSA) is 58.1 Å². The van der Waals surface area contributed by atoms with E-state index in [2.05, 4.69) is 68.9 Å². The van der Waals surface area contributed by atoms with Crippen molar-refractivity contribution in [3.63, 3.8) is 0 Å². The average Bonchev–Trinajstić information content (AvgIpc) is 2.97. The van der Waals surface area contributed by atoms with Crippen LogP contribution in [0.4, 0.5) is 5.82 Å². The first-order valence-electron chi connectivity index (χ1n) is 12.9. The van der Waals surface area contributed by atoms with Crippen molar-refractivity contribution in [2.75, 3.05) is 24.5 Å². The molecule has 1 amide bonds. The van der Waals surface area contributed by atoms with Gasteiger partial charge in [-0.15, -0.1) is 10.2 Å². The zero-order chi connectivity index (χ0) is 25.5. The van der Waals surface area contributed by atoms with Gasteiger partial charge in [0.2, 0.25) is 5.91 Å². The van der Waals surface area contributed by atoms with Gasteiger partial charge in [-0.1, -0.05) is 84.4 Å². The highest BCUT2D eigenvalue weighted by Gasteiger charge is 2.26. The summed E-state index contributed by atoms with van der Waals surface area (Å²) in [6.45, 7) is 2.25. The van der Waals surface area contributed by atoms with Crippen LogP contribution in [0.25, 0.3) is 11.3 Å². The molecule has 1 fully saturated rings. The van der Waals surface area contributed by atoms with Crippen LogP contribution in [-0.4, -0.2) is 35.7 Å². The molecular formula is C31H31ClN4O. The SMILES string of the molecule is O=C(NCCC(c1ccccc1)c1ccccc1)C1CCN(c2ccc(-c3ccc(Cl)cc3)nn2)CC1. The lowest BCUT2D eigenvalue weighted by molar-refractivity contribution is -0.125. The lowest BCUT2D eigenvalue weighted by atomic mass is 9.88. The smallest absolute Gasteiger partial charge is 0.223 e. The molecule has 1 aliphatic heterocycles. The van der Waals surface area contributed by atoms with Crippen LogP contribution in [-0.2, 0) is 4.79 Å². The molecule has 6 heteroatoms. The van der Waals surface area contributed by atoms with Crippen LogP contribution in [0, 0.1) is 5.92 Å². The van der Waals surface area contributed by atoms with Crippen LogP contribution in [0.15, 0.2) is 97.1 Å². The Kier molecular flexibility index (Phi) is 8.11. The fourth-order valence-electron chi connectivity index (χ4n) is 5.02. The number of nitrogens with zero attached hydrogens (tertiary/aromatic N) is 3. The summed E-state index contributed by atoms with van der Waals surface area (Å²) in [5.74, 6) is 1.30. The molecule has 0 unspecified atom stereocenters. The number of carbonyl (C=O) groups is 1. The van der Waals surface area contributed by atoms with Crippen molar-refractivity contribution in [1.82, 2.24) is 15.5 Å². The Morgan fingerprint density at radius 1 is 0.838 bits per heavy atom. The molecule has 1 saturated heterocycles. The summed E-state index contributed by atoms with van der Waals surface area (Å²) in [5.41, 5.74) is 4.36. The molecule has 3 aromatic carbocycles. The van der Waals surface area contributed by atoms with Gasteiger partial charge in [-0.2, -0.15) is 0 Å². The lowest BCUT2D eigenvalue weighted by Gasteiger charge is -2.32. The predicted molar refractivity (Wildman–Crippen MR) is 150 cm³/mol. The van der Waals surface area contributed by atoms with E-state index in [0.717, 1.165) is 49.4 Å². The van der Waals surface area contributed by atoms with Crippen molar-refractivity contribution in [3.8, 4) is 11.3 Å². The van der Waals surface area contributed by atoms with E-state index in [1.165, 1.54) is 11.1 Å². The third kappa shape index (κ3) is 6.36. The van der Waals surface area contributed by atoms with Gasteiger partial charge in [0.05, 0.1) is 5.69 Å². The minimum atomic E-state index is 0.0319. The molecule has 1 N–H and O–H groups in total. The number of piperidine rings is 1. The first-order valence-corrected chi connectivity index (χ1v) is 13.3. The fourth-order valence-corrected chi connectivity index (χ4v) is 5.15. The molecule has 0 radical (unpaired) electrons. The van der Waals surface area contributed by atoms with E-state index >= 15 is 0 Å². The monoisotopic (exact) mass is 510 g/mol. The first-order chi connectivity index (χ1) is 18.2. The molecule has 0 bridgehead atoms. The quantitative estimate of drug-likeness (QED) is 0.300. The highest BCUT2D eigenvalue weighted by atomic mass is 35.5. The number of aromatic nitrogens is 2. The second kappa shape index (κ2) is 12.0. The van der Waals surface area contributed by atoms with Crippen LogP contribution >= 0.6 is 11.6 Å².